The molecule has 0 radical (unpaired) electrons. The molecule has 2 aliphatic rings. The summed E-state index contributed by atoms with van der Waals surface area (Å²) in [6.07, 6.45) is 7.48. The number of nitrogen functional groups attached to an aromatic ring is 1. The lowest BCUT2D eigenvalue weighted by Gasteiger charge is -2.33. The van der Waals surface area contributed by atoms with Crippen LogP contribution < -0.4 is 31.2 Å². The number of aromatic nitrogens is 4. The van der Waals surface area contributed by atoms with E-state index in [0.717, 1.165) is 97.4 Å². The minimum Gasteiger partial charge on any atom is -0.492 e. The van der Waals surface area contributed by atoms with Gasteiger partial charge in [-0.2, -0.15) is 0 Å². The Balaban J connectivity index is 0.000000202. The van der Waals surface area contributed by atoms with E-state index in [9.17, 15) is 0 Å². The minimum atomic E-state index is 0.365. The van der Waals surface area contributed by atoms with Gasteiger partial charge < -0.3 is 31.2 Å². The standard InChI is InChI=1S/C24H30ClN5O2.C13H15ClN4/c1-3-31-21-11-16(12-22(23(21)26)32-4-2)14-30-9-7-18(8-10-30)29-24-19-6-5-17(25)13-20(19)27-15-28-24;14-9-1-2-11-12(7-9)16-8-17-13(11)18-10-3-5-15-6-4-10/h5-6,11-13,15,18H,3-4,7-10,14,26H2,1-2H3,(H,27,28,29);1-2,7-8,10,15H,3-6H2,(H,16,17,18). The number of likely N-dealkylation sites (tertiary alicyclic amines) is 1. The van der Waals surface area contributed by atoms with E-state index in [0.29, 0.717) is 52.5 Å². The molecule has 4 heterocycles. The molecule has 5 N–H and O–H groups in total. The second-order valence-electron chi connectivity index (χ2n) is 12.5. The summed E-state index contributed by atoms with van der Waals surface area (Å²) >= 11 is 12.1. The second kappa shape index (κ2) is 17.2. The average Bonchev–Trinajstić information content (AvgIpc) is 3.12. The summed E-state index contributed by atoms with van der Waals surface area (Å²) in [5, 5.41) is 13.9. The molecule has 2 aromatic heterocycles. The molecule has 13 heteroatoms. The highest BCUT2D eigenvalue weighted by Crippen LogP contribution is 2.35. The fraction of sp³-hybridized carbons (Fsp3) is 0.405. The van der Waals surface area contributed by atoms with E-state index in [-0.39, 0.29) is 0 Å². The Morgan fingerprint density at radius 3 is 1.74 bits per heavy atom. The molecule has 0 spiro atoms. The summed E-state index contributed by atoms with van der Waals surface area (Å²) in [5.74, 6) is 3.16. The van der Waals surface area contributed by atoms with E-state index >= 15 is 0 Å². The molecular formula is C37H45Cl2N9O2. The number of halogens is 2. The molecule has 7 rings (SSSR count). The topological polar surface area (TPSA) is 135 Å². The van der Waals surface area contributed by atoms with Crippen LogP contribution in [0.5, 0.6) is 11.5 Å². The number of anilines is 3. The molecule has 50 heavy (non-hydrogen) atoms. The molecule has 0 saturated carbocycles. The van der Waals surface area contributed by atoms with Crippen LogP contribution in [0.15, 0.2) is 61.2 Å². The molecule has 2 saturated heterocycles. The quantitative estimate of drug-likeness (QED) is 0.109. The van der Waals surface area contributed by atoms with Gasteiger partial charge in [-0.1, -0.05) is 23.2 Å². The van der Waals surface area contributed by atoms with Crippen molar-refractivity contribution in [2.75, 3.05) is 55.8 Å². The number of hydrogen-bond donors (Lipinski definition) is 4. The number of nitrogens with two attached hydrogens (primary N) is 1. The fourth-order valence-corrected chi connectivity index (χ4v) is 6.77. The summed E-state index contributed by atoms with van der Waals surface area (Å²) in [6.45, 7) is 10.00. The van der Waals surface area contributed by atoms with Crippen LogP contribution in [0.2, 0.25) is 10.0 Å². The van der Waals surface area contributed by atoms with Gasteiger partial charge in [0.25, 0.3) is 0 Å². The van der Waals surface area contributed by atoms with Gasteiger partial charge in [-0.15, -0.1) is 0 Å². The van der Waals surface area contributed by atoms with E-state index in [1.807, 2.05) is 62.4 Å². The van der Waals surface area contributed by atoms with Crippen molar-refractivity contribution in [1.82, 2.24) is 30.2 Å². The number of piperidine rings is 2. The highest BCUT2D eigenvalue weighted by Gasteiger charge is 2.22. The van der Waals surface area contributed by atoms with Gasteiger partial charge in [0, 0.05) is 52.5 Å². The minimum absolute atomic E-state index is 0.365. The first-order valence-electron chi connectivity index (χ1n) is 17.3. The van der Waals surface area contributed by atoms with Crippen LogP contribution in [0, 0.1) is 0 Å². The maximum atomic E-state index is 6.21. The monoisotopic (exact) mass is 717 g/mol. The Kier molecular flexibility index (Phi) is 12.2. The summed E-state index contributed by atoms with van der Waals surface area (Å²) < 4.78 is 11.5. The molecule has 11 nitrogen and oxygen atoms in total. The van der Waals surface area contributed by atoms with Crippen molar-refractivity contribution in [3.63, 3.8) is 0 Å². The van der Waals surface area contributed by atoms with E-state index in [1.54, 1.807) is 12.7 Å². The fourth-order valence-electron chi connectivity index (χ4n) is 6.43. The number of ether oxygens (including phenoxy) is 2. The van der Waals surface area contributed by atoms with Crippen LogP contribution in [-0.2, 0) is 6.54 Å². The average molecular weight is 719 g/mol. The van der Waals surface area contributed by atoms with E-state index < -0.39 is 0 Å². The predicted octanol–water partition coefficient (Wildman–Crippen LogP) is 7.19. The van der Waals surface area contributed by atoms with Gasteiger partial charge in [0.15, 0.2) is 0 Å². The molecule has 0 unspecified atom stereocenters. The van der Waals surface area contributed by atoms with Crippen molar-refractivity contribution in [2.45, 2.75) is 58.2 Å². The first-order chi connectivity index (χ1) is 24.4. The first kappa shape index (κ1) is 35.7. The van der Waals surface area contributed by atoms with Crippen molar-refractivity contribution in [3.8, 4) is 11.5 Å². The molecule has 0 atom stereocenters. The summed E-state index contributed by atoms with van der Waals surface area (Å²) in [4.78, 5) is 19.8. The number of fused-ring (bicyclic) bond motifs is 2. The maximum absolute atomic E-state index is 6.21. The number of hydrogen-bond acceptors (Lipinski definition) is 11. The lowest BCUT2D eigenvalue weighted by molar-refractivity contribution is 0.210. The number of nitrogens with one attached hydrogen (secondary N) is 3. The Hall–Kier alpha value is -4.16. The Labute approximate surface area is 303 Å². The van der Waals surface area contributed by atoms with Crippen LogP contribution in [-0.4, -0.2) is 76.3 Å². The van der Waals surface area contributed by atoms with E-state index in [1.165, 1.54) is 0 Å². The van der Waals surface area contributed by atoms with Crippen LogP contribution in [0.25, 0.3) is 21.8 Å². The number of benzene rings is 3. The normalized spacial score (nSPS) is 15.8. The van der Waals surface area contributed by atoms with Crippen LogP contribution >= 0.6 is 23.2 Å². The van der Waals surface area contributed by atoms with Crippen molar-refractivity contribution in [3.05, 3.63) is 76.8 Å². The number of rotatable bonds is 10. The Morgan fingerprint density at radius 1 is 0.740 bits per heavy atom. The zero-order chi connectivity index (χ0) is 34.9. The number of nitrogens with zero attached hydrogens (tertiary/aromatic N) is 5. The smallest absolute Gasteiger partial charge is 0.146 e. The molecule has 264 valence electrons. The van der Waals surface area contributed by atoms with Crippen LogP contribution in [0.4, 0.5) is 17.3 Å². The van der Waals surface area contributed by atoms with Gasteiger partial charge in [0.2, 0.25) is 0 Å². The molecule has 2 fully saturated rings. The third-order valence-corrected chi connectivity index (χ3v) is 9.45. The van der Waals surface area contributed by atoms with Crippen LogP contribution in [0.1, 0.15) is 45.1 Å². The molecule has 5 aromatic rings. The molecule has 3 aromatic carbocycles. The predicted molar refractivity (Wildman–Crippen MR) is 204 cm³/mol. The first-order valence-corrected chi connectivity index (χ1v) is 18.1. The van der Waals surface area contributed by atoms with E-state index in [2.05, 4.69) is 40.8 Å². The molecule has 2 aliphatic heterocycles. The Bertz CT molecular complexity index is 1850. The van der Waals surface area contributed by atoms with Crippen molar-refractivity contribution in [1.29, 1.82) is 0 Å². The third kappa shape index (κ3) is 9.14. The zero-order valence-electron chi connectivity index (χ0n) is 28.6. The summed E-state index contributed by atoms with van der Waals surface area (Å²) in [7, 11) is 0. The third-order valence-electron chi connectivity index (χ3n) is 8.98. The van der Waals surface area contributed by atoms with Crippen molar-refractivity contribution < 1.29 is 9.47 Å². The molecule has 0 aliphatic carbocycles. The van der Waals surface area contributed by atoms with Gasteiger partial charge in [-0.05, 0) is 107 Å². The van der Waals surface area contributed by atoms with E-state index in [4.69, 9.17) is 38.4 Å². The van der Waals surface area contributed by atoms with Crippen LogP contribution in [0.3, 0.4) is 0 Å². The molecular weight excluding hydrogens is 673 g/mol. The lowest BCUT2D eigenvalue weighted by Crippen LogP contribution is -2.38. The van der Waals surface area contributed by atoms with Gasteiger partial charge >= 0.3 is 0 Å². The van der Waals surface area contributed by atoms with Gasteiger partial charge in [0.05, 0.1) is 24.2 Å². The highest BCUT2D eigenvalue weighted by molar-refractivity contribution is 6.31. The van der Waals surface area contributed by atoms with Crippen molar-refractivity contribution in [2.24, 2.45) is 0 Å². The Morgan fingerprint density at radius 2 is 1.24 bits per heavy atom. The highest BCUT2D eigenvalue weighted by atomic mass is 35.5. The largest absolute Gasteiger partial charge is 0.492 e. The van der Waals surface area contributed by atoms with Gasteiger partial charge in [-0.3, -0.25) is 4.90 Å². The van der Waals surface area contributed by atoms with Gasteiger partial charge in [-0.25, -0.2) is 19.9 Å². The molecule has 0 bridgehead atoms. The lowest BCUT2D eigenvalue weighted by atomic mass is 10.0. The van der Waals surface area contributed by atoms with Crippen molar-refractivity contribution >= 4 is 62.3 Å². The summed E-state index contributed by atoms with van der Waals surface area (Å²) in [6, 6.07) is 16.3. The molecule has 0 amide bonds. The summed E-state index contributed by atoms with van der Waals surface area (Å²) in [5.41, 5.74) is 9.66. The SMILES string of the molecule is CCOc1cc(CN2CCC(Nc3ncnc4cc(Cl)ccc34)CC2)cc(OCC)c1N.Clc1ccc2c(NC3CCNCC3)ncnc2c1. The van der Waals surface area contributed by atoms with Gasteiger partial charge in [0.1, 0.15) is 41.5 Å². The maximum Gasteiger partial charge on any atom is 0.146 e. The second-order valence-corrected chi connectivity index (χ2v) is 13.4. The zero-order valence-corrected chi connectivity index (χ0v) is 30.1.